The minimum atomic E-state index is -2.98. The Morgan fingerprint density at radius 1 is 1.34 bits per heavy atom. The second-order valence-electron chi connectivity index (χ2n) is 9.00. The molecule has 2 fully saturated rings. The molecule has 2 N–H and O–H groups in total. The number of aromatic amines is 1. The molecule has 1 aliphatic carbocycles. The van der Waals surface area contributed by atoms with E-state index in [2.05, 4.69) is 15.3 Å². The average Bonchev–Trinajstić information content (AvgIpc) is 3.60. The molecule has 0 radical (unpaired) electrons. The highest BCUT2D eigenvalue weighted by Crippen LogP contribution is 2.45. The van der Waals surface area contributed by atoms with Crippen LogP contribution in [0.15, 0.2) is 41.5 Å². The molecular formula is C23H28F2N4O3. The Hall–Kier alpha value is -2.81. The molecule has 2 aromatic heterocycles. The lowest BCUT2D eigenvalue weighted by Crippen LogP contribution is -2.60. The quantitative estimate of drug-likeness (QED) is 0.682. The van der Waals surface area contributed by atoms with E-state index >= 15 is 0 Å². The summed E-state index contributed by atoms with van der Waals surface area (Å²) < 4.78 is 35.5. The van der Waals surface area contributed by atoms with E-state index in [4.69, 9.17) is 4.74 Å². The van der Waals surface area contributed by atoms with Gasteiger partial charge in [-0.2, -0.15) is 0 Å². The van der Waals surface area contributed by atoms with Gasteiger partial charge < -0.3 is 15.0 Å². The predicted octanol–water partition coefficient (Wildman–Crippen LogP) is 3.18. The van der Waals surface area contributed by atoms with E-state index in [-0.39, 0.29) is 31.0 Å². The molecule has 9 heteroatoms. The van der Waals surface area contributed by atoms with Gasteiger partial charge in [0.05, 0.1) is 24.3 Å². The molecule has 0 bridgehead atoms. The zero-order valence-corrected chi connectivity index (χ0v) is 18.2. The maximum Gasteiger partial charge on any atom is 0.259 e. The van der Waals surface area contributed by atoms with Crippen molar-refractivity contribution < 1.29 is 18.3 Å². The van der Waals surface area contributed by atoms with Crippen molar-refractivity contribution in [2.24, 2.45) is 5.92 Å². The van der Waals surface area contributed by atoms with E-state index in [1.807, 2.05) is 0 Å². The summed E-state index contributed by atoms with van der Waals surface area (Å²) >= 11 is 0. The molecule has 1 saturated carbocycles. The summed E-state index contributed by atoms with van der Waals surface area (Å²) in [4.78, 5) is 32.6. The lowest BCUT2D eigenvalue weighted by atomic mass is 9.73. The van der Waals surface area contributed by atoms with Crippen LogP contribution in [-0.4, -0.2) is 52.4 Å². The fraction of sp³-hybridized carbons (Fsp3) is 0.522. The van der Waals surface area contributed by atoms with E-state index in [1.54, 1.807) is 30.2 Å². The molecule has 7 nitrogen and oxygen atoms in total. The molecule has 1 amide bonds. The number of nitrogens with zero attached hydrogens (tertiary/aromatic N) is 2. The molecule has 2 aromatic rings. The van der Waals surface area contributed by atoms with Crippen LogP contribution in [-0.2, 0) is 10.2 Å². The first-order valence-electron chi connectivity index (χ1n) is 10.9. The van der Waals surface area contributed by atoms with Gasteiger partial charge in [-0.1, -0.05) is 6.07 Å². The number of aromatic nitrogens is 2. The standard InChI is InChI=1S/C23H28F2N4O3/c1-15(21(31)28-19-7-6-18(12-26-19)32-13-16-3-4-16)29-10-9-23(24,25)22(2,14-29)17-5-8-20(30)27-11-17/h5-8,11-12,15-16H,3-4,9-10,13-14H2,1-2H3,(H,27,30)(H,26,28,31)/t15?,22-/m1/s1. The van der Waals surface area contributed by atoms with Gasteiger partial charge in [-0.15, -0.1) is 0 Å². The number of pyridine rings is 2. The van der Waals surface area contributed by atoms with Crippen LogP contribution in [0.2, 0.25) is 0 Å². The maximum absolute atomic E-state index is 14.9. The number of alkyl halides is 2. The number of halogens is 2. The first kappa shape index (κ1) is 22.4. The molecule has 1 aliphatic heterocycles. The minimum absolute atomic E-state index is 0.0258. The van der Waals surface area contributed by atoms with E-state index in [1.165, 1.54) is 38.1 Å². The highest BCUT2D eigenvalue weighted by atomic mass is 19.3. The van der Waals surface area contributed by atoms with Crippen LogP contribution in [0.1, 0.15) is 38.7 Å². The van der Waals surface area contributed by atoms with Gasteiger partial charge in [0.25, 0.3) is 5.92 Å². The fourth-order valence-electron chi connectivity index (χ4n) is 3.98. The first-order chi connectivity index (χ1) is 15.2. The number of H-pyrrole nitrogens is 1. The number of carbonyl (C=O) groups excluding carboxylic acids is 1. The number of rotatable bonds is 7. The van der Waals surface area contributed by atoms with Gasteiger partial charge in [-0.25, -0.2) is 13.8 Å². The highest BCUT2D eigenvalue weighted by molar-refractivity contribution is 5.93. The summed E-state index contributed by atoms with van der Waals surface area (Å²) in [5.74, 6) is -1.63. The Balaban J connectivity index is 1.41. The zero-order valence-electron chi connectivity index (χ0n) is 18.2. The first-order valence-corrected chi connectivity index (χ1v) is 10.9. The number of likely N-dealkylation sites (tertiary alicyclic amines) is 1. The summed E-state index contributed by atoms with van der Waals surface area (Å²) in [7, 11) is 0. The Labute approximate surface area is 185 Å². The van der Waals surface area contributed by atoms with Crippen molar-refractivity contribution >= 4 is 11.7 Å². The third-order valence-corrected chi connectivity index (χ3v) is 6.56. The van der Waals surface area contributed by atoms with Crippen LogP contribution in [0.3, 0.4) is 0 Å². The van der Waals surface area contributed by atoms with E-state index in [9.17, 15) is 18.4 Å². The van der Waals surface area contributed by atoms with Crippen LogP contribution < -0.4 is 15.6 Å². The van der Waals surface area contributed by atoms with Crippen molar-refractivity contribution in [3.05, 3.63) is 52.6 Å². The summed E-state index contributed by atoms with van der Waals surface area (Å²) in [5.41, 5.74) is -1.55. The number of nitrogens with one attached hydrogen (secondary N) is 2. The number of piperidine rings is 1. The summed E-state index contributed by atoms with van der Waals surface area (Å²) in [6.07, 6.45) is 4.91. The highest BCUT2D eigenvalue weighted by Gasteiger charge is 2.55. The number of amides is 1. The molecular weight excluding hydrogens is 418 g/mol. The van der Waals surface area contributed by atoms with Crippen molar-refractivity contribution in [2.45, 2.75) is 50.5 Å². The van der Waals surface area contributed by atoms with Gasteiger partial charge in [0, 0.05) is 31.8 Å². The smallest absolute Gasteiger partial charge is 0.259 e. The number of anilines is 1. The van der Waals surface area contributed by atoms with Crippen LogP contribution in [0.5, 0.6) is 5.75 Å². The number of ether oxygens (including phenoxy) is 1. The maximum atomic E-state index is 14.9. The van der Waals surface area contributed by atoms with Crippen LogP contribution >= 0.6 is 0 Å². The summed E-state index contributed by atoms with van der Waals surface area (Å²) in [5, 5.41) is 2.76. The van der Waals surface area contributed by atoms with E-state index in [0.717, 1.165) is 0 Å². The number of hydrogen-bond donors (Lipinski definition) is 2. The number of hydrogen-bond acceptors (Lipinski definition) is 5. The Kier molecular flexibility index (Phi) is 6.03. The van der Waals surface area contributed by atoms with Crippen molar-refractivity contribution in [3.8, 4) is 5.75 Å². The fourth-order valence-corrected chi connectivity index (χ4v) is 3.98. The lowest BCUT2D eigenvalue weighted by molar-refractivity contribution is -0.137. The molecule has 1 unspecified atom stereocenters. The largest absolute Gasteiger partial charge is 0.492 e. The zero-order chi connectivity index (χ0) is 22.9. The summed E-state index contributed by atoms with van der Waals surface area (Å²) in [6.45, 7) is 3.90. The third-order valence-electron chi connectivity index (χ3n) is 6.56. The lowest BCUT2D eigenvalue weighted by Gasteiger charge is -2.47. The topological polar surface area (TPSA) is 87.3 Å². The van der Waals surface area contributed by atoms with Crippen LogP contribution in [0.25, 0.3) is 0 Å². The molecule has 2 atom stereocenters. The van der Waals surface area contributed by atoms with E-state index in [0.29, 0.717) is 29.7 Å². The van der Waals surface area contributed by atoms with Gasteiger partial charge in [0.2, 0.25) is 11.5 Å². The van der Waals surface area contributed by atoms with Crippen molar-refractivity contribution in [2.75, 3.05) is 25.0 Å². The normalized spacial score (nSPS) is 24.0. The Bertz CT molecular complexity index is 1000. The van der Waals surface area contributed by atoms with Crippen molar-refractivity contribution in [1.29, 1.82) is 0 Å². The molecule has 0 spiro atoms. The van der Waals surface area contributed by atoms with Crippen molar-refractivity contribution in [3.63, 3.8) is 0 Å². The molecule has 4 rings (SSSR count). The van der Waals surface area contributed by atoms with Crippen molar-refractivity contribution in [1.82, 2.24) is 14.9 Å². The Morgan fingerprint density at radius 2 is 2.12 bits per heavy atom. The monoisotopic (exact) mass is 446 g/mol. The molecule has 1 saturated heterocycles. The Morgan fingerprint density at radius 3 is 2.75 bits per heavy atom. The average molecular weight is 446 g/mol. The summed E-state index contributed by atoms with van der Waals surface area (Å²) in [6, 6.07) is 5.46. The van der Waals surface area contributed by atoms with Crippen LogP contribution in [0, 0.1) is 5.92 Å². The molecule has 3 heterocycles. The minimum Gasteiger partial charge on any atom is -0.492 e. The predicted molar refractivity (Wildman–Crippen MR) is 116 cm³/mol. The van der Waals surface area contributed by atoms with Gasteiger partial charge >= 0.3 is 0 Å². The molecule has 2 aliphatic rings. The van der Waals surface area contributed by atoms with Crippen LogP contribution in [0.4, 0.5) is 14.6 Å². The third kappa shape index (κ3) is 4.67. The molecule has 172 valence electrons. The second kappa shape index (κ2) is 8.61. The number of carbonyl (C=O) groups is 1. The second-order valence-corrected chi connectivity index (χ2v) is 9.00. The van der Waals surface area contributed by atoms with Gasteiger partial charge in [0.1, 0.15) is 11.6 Å². The van der Waals surface area contributed by atoms with E-state index < -0.39 is 17.4 Å². The molecule has 0 aromatic carbocycles. The molecule has 32 heavy (non-hydrogen) atoms. The van der Waals surface area contributed by atoms with Gasteiger partial charge in [-0.3, -0.25) is 14.5 Å². The SMILES string of the molecule is CC(C(=O)Nc1ccc(OCC2CC2)cn1)N1CCC(F)(F)[C@@](C)(c2ccc(=O)[nH]c2)C1. The van der Waals surface area contributed by atoms with Gasteiger partial charge in [0.15, 0.2) is 0 Å². The van der Waals surface area contributed by atoms with Gasteiger partial charge in [-0.05, 0) is 50.3 Å².